The molecule has 5 heteroatoms. The van der Waals surface area contributed by atoms with Crippen LogP contribution in [-0.4, -0.2) is 9.78 Å². The average molecular weight is 265 g/mol. The normalized spacial score (nSPS) is 10.9. The van der Waals surface area contributed by atoms with Crippen molar-refractivity contribution in [2.75, 3.05) is 11.1 Å². The van der Waals surface area contributed by atoms with E-state index in [4.69, 9.17) is 17.3 Å². The molecule has 0 spiro atoms. The van der Waals surface area contributed by atoms with Gasteiger partial charge < -0.3 is 11.1 Å². The van der Waals surface area contributed by atoms with Crippen molar-refractivity contribution in [3.63, 3.8) is 0 Å². The number of nitrogens with zero attached hydrogens (tertiary/aromatic N) is 2. The second-order valence-electron chi connectivity index (χ2n) is 4.53. The van der Waals surface area contributed by atoms with E-state index in [0.717, 1.165) is 17.2 Å². The first-order chi connectivity index (χ1) is 8.50. The van der Waals surface area contributed by atoms with Gasteiger partial charge in [-0.15, -0.1) is 0 Å². The van der Waals surface area contributed by atoms with Crippen LogP contribution in [0.5, 0.6) is 0 Å². The molecule has 4 nitrogen and oxygen atoms in total. The molecule has 1 aromatic carbocycles. The van der Waals surface area contributed by atoms with Gasteiger partial charge in [-0.3, -0.25) is 4.68 Å². The molecule has 96 valence electrons. The molecule has 0 fully saturated rings. The lowest BCUT2D eigenvalue weighted by molar-refractivity contribution is 0.718. The van der Waals surface area contributed by atoms with Crippen LogP contribution in [0.2, 0.25) is 5.02 Å². The molecule has 0 aliphatic rings. The predicted octanol–water partition coefficient (Wildman–Crippen LogP) is 3.52. The first-order valence-electron chi connectivity index (χ1n) is 5.84. The largest absolute Gasteiger partial charge is 0.394 e. The van der Waals surface area contributed by atoms with Crippen LogP contribution in [0.15, 0.2) is 24.3 Å². The Balaban J connectivity index is 2.38. The number of hydrogen-bond acceptors (Lipinski definition) is 3. The van der Waals surface area contributed by atoms with Gasteiger partial charge in [0.15, 0.2) is 5.82 Å². The maximum atomic E-state index is 6.12. The first-order valence-corrected chi connectivity index (χ1v) is 6.22. The second kappa shape index (κ2) is 4.90. The van der Waals surface area contributed by atoms with E-state index in [9.17, 15) is 0 Å². The number of benzene rings is 1. The summed E-state index contributed by atoms with van der Waals surface area (Å²) >= 11 is 6.12. The van der Waals surface area contributed by atoms with Crippen LogP contribution in [0.1, 0.15) is 25.5 Å². The van der Waals surface area contributed by atoms with Crippen molar-refractivity contribution in [3.8, 4) is 0 Å². The maximum absolute atomic E-state index is 6.12. The third-order valence-electron chi connectivity index (χ3n) is 2.79. The molecule has 0 radical (unpaired) electrons. The molecule has 0 aliphatic heterocycles. The Morgan fingerprint density at radius 3 is 2.56 bits per heavy atom. The van der Waals surface area contributed by atoms with Crippen LogP contribution in [0.4, 0.5) is 17.2 Å². The molecule has 0 atom stereocenters. The van der Waals surface area contributed by atoms with Gasteiger partial charge in [0, 0.05) is 7.05 Å². The Labute approximate surface area is 112 Å². The zero-order chi connectivity index (χ0) is 13.3. The Bertz CT molecular complexity index is 560. The summed E-state index contributed by atoms with van der Waals surface area (Å²) in [6.45, 7) is 4.13. The summed E-state index contributed by atoms with van der Waals surface area (Å²) in [7, 11) is 1.86. The van der Waals surface area contributed by atoms with E-state index in [1.54, 1.807) is 4.68 Å². The summed E-state index contributed by atoms with van der Waals surface area (Å²) < 4.78 is 1.74. The molecular weight excluding hydrogens is 248 g/mol. The number of halogens is 1. The number of aryl methyl sites for hydroxylation is 1. The van der Waals surface area contributed by atoms with Crippen LogP contribution >= 0.6 is 11.6 Å². The van der Waals surface area contributed by atoms with Crippen LogP contribution in [-0.2, 0) is 7.05 Å². The number of nitrogens with two attached hydrogens (primary N) is 1. The summed E-state index contributed by atoms with van der Waals surface area (Å²) in [5, 5.41) is 8.31. The minimum Gasteiger partial charge on any atom is -0.394 e. The lowest BCUT2D eigenvalue weighted by atomic mass is 10.1. The topological polar surface area (TPSA) is 55.9 Å². The zero-order valence-corrected chi connectivity index (χ0v) is 11.5. The van der Waals surface area contributed by atoms with E-state index in [1.807, 2.05) is 31.3 Å². The molecule has 0 aliphatic carbocycles. The minimum atomic E-state index is 0.290. The number of nitrogen functional groups attached to an aromatic ring is 1. The van der Waals surface area contributed by atoms with Crippen LogP contribution in [0.25, 0.3) is 0 Å². The highest BCUT2D eigenvalue weighted by Gasteiger charge is 2.16. The molecule has 2 rings (SSSR count). The van der Waals surface area contributed by atoms with Gasteiger partial charge in [-0.05, 0) is 18.1 Å². The predicted molar refractivity (Wildman–Crippen MR) is 76.4 cm³/mol. The highest BCUT2D eigenvalue weighted by atomic mass is 35.5. The lowest BCUT2D eigenvalue weighted by Gasteiger charge is -2.09. The second-order valence-corrected chi connectivity index (χ2v) is 4.94. The van der Waals surface area contributed by atoms with E-state index < -0.39 is 0 Å². The minimum absolute atomic E-state index is 0.290. The molecule has 3 N–H and O–H groups in total. The Kier molecular flexibility index (Phi) is 3.48. The molecule has 0 amide bonds. The molecule has 18 heavy (non-hydrogen) atoms. The lowest BCUT2D eigenvalue weighted by Crippen LogP contribution is -2.01. The van der Waals surface area contributed by atoms with Gasteiger partial charge in [0.25, 0.3) is 0 Å². The van der Waals surface area contributed by atoms with Crippen LogP contribution < -0.4 is 11.1 Å². The van der Waals surface area contributed by atoms with Crippen LogP contribution in [0.3, 0.4) is 0 Å². The first kappa shape index (κ1) is 12.8. The molecule has 0 unspecified atom stereocenters. The van der Waals surface area contributed by atoms with Crippen molar-refractivity contribution in [2.24, 2.45) is 7.05 Å². The Morgan fingerprint density at radius 1 is 1.33 bits per heavy atom. The standard InChI is InChI=1S/C13H17ClN4/c1-8(2)12-11(15)13(18(3)17-12)16-10-7-5-4-6-9(10)14/h4-8,16H,15H2,1-3H3. The van der Waals surface area contributed by atoms with Gasteiger partial charge in [0.1, 0.15) is 0 Å². The fourth-order valence-electron chi connectivity index (χ4n) is 1.83. The average Bonchev–Trinajstić information content (AvgIpc) is 2.60. The number of nitrogens with one attached hydrogen (secondary N) is 1. The highest BCUT2D eigenvalue weighted by molar-refractivity contribution is 6.33. The maximum Gasteiger partial charge on any atom is 0.152 e. The summed E-state index contributed by atoms with van der Waals surface area (Å²) in [6, 6.07) is 7.55. The van der Waals surface area contributed by atoms with E-state index in [1.165, 1.54) is 0 Å². The van der Waals surface area contributed by atoms with Gasteiger partial charge in [0.2, 0.25) is 0 Å². The SMILES string of the molecule is CC(C)c1nn(C)c(Nc2ccccc2Cl)c1N. The van der Waals surface area contributed by atoms with Crippen molar-refractivity contribution in [1.29, 1.82) is 0 Å². The van der Waals surface area contributed by atoms with Crippen molar-refractivity contribution < 1.29 is 0 Å². The smallest absolute Gasteiger partial charge is 0.152 e. The third-order valence-corrected chi connectivity index (χ3v) is 3.12. The van der Waals surface area contributed by atoms with Gasteiger partial charge >= 0.3 is 0 Å². The number of rotatable bonds is 3. The van der Waals surface area contributed by atoms with Crippen molar-refractivity contribution in [2.45, 2.75) is 19.8 Å². The number of hydrogen-bond donors (Lipinski definition) is 2. The molecule has 1 aromatic heterocycles. The zero-order valence-electron chi connectivity index (χ0n) is 10.7. The van der Waals surface area contributed by atoms with E-state index in [-0.39, 0.29) is 5.92 Å². The van der Waals surface area contributed by atoms with Crippen molar-refractivity contribution in [1.82, 2.24) is 9.78 Å². The van der Waals surface area contributed by atoms with E-state index in [0.29, 0.717) is 10.7 Å². The monoisotopic (exact) mass is 264 g/mol. The summed E-state index contributed by atoms with van der Waals surface area (Å²) in [5.74, 6) is 1.06. The molecule has 1 heterocycles. The van der Waals surface area contributed by atoms with Gasteiger partial charge in [-0.2, -0.15) is 5.10 Å². The molecule has 0 saturated heterocycles. The molecule has 0 saturated carbocycles. The number of aromatic nitrogens is 2. The van der Waals surface area contributed by atoms with Crippen molar-refractivity contribution in [3.05, 3.63) is 35.0 Å². The molecule has 0 bridgehead atoms. The third kappa shape index (κ3) is 2.29. The van der Waals surface area contributed by atoms with E-state index >= 15 is 0 Å². The quantitative estimate of drug-likeness (QED) is 0.892. The number of anilines is 3. The van der Waals surface area contributed by atoms with Crippen molar-refractivity contribution >= 4 is 28.8 Å². The van der Waals surface area contributed by atoms with Gasteiger partial charge in [0.05, 0.1) is 22.1 Å². The highest BCUT2D eigenvalue weighted by Crippen LogP contribution is 2.32. The van der Waals surface area contributed by atoms with E-state index in [2.05, 4.69) is 24.3 Å². The molecular formula is C13H17ClN4. The summed E-state index contributed by atoms with van der Waals surface area (Å²) in [6.07, 6.45) is 0. The Morgan fingerprint density at radius 2 is 2.00 bits per heavy atom. The summed E-state index contributed by atoms with van der Waals surface area (Å²) in [4.78, 5) is 0. The van der Waals surface area contributed by atoms with Gasteiger partial charge in [-0.1, -0.05) is 37.6 Å². The fourth-order valence-corrected chi connectivity index (χ4v) is 2.01. The fraction of sp³-hybridized carbons (Fsp3) is 0.308. The Hall–Kier alpha value is -1.68. The van der Waals surface area contributed by atoms with Crippen LogP contribution in [0, 0.1) is 0 Å². The summed E-state index contributed by atoms with van der Waals surface area (Å²) in [5.41, 5.74) is 8.51. The van der Waals surface area contributed by atoms with Gasteiger partial charge in [-0.25, -0.2) is 0 Å². The molecule has 2 aromatic rings. The number of para-hydroxylation sites is 1.